The van der Waals surface area contributed by atoms with E-state index < -0.39 is 10.0 Å². The summed E-state index contributed by atoms with van der Waals surface area (Å²) in [5.74, 6) is 0. The van der Waals surface area contributed by atoms with Crippen LogP contribution in [-0.2, 0) is 16.6 Å². The van der Waals surface area contributed by atoms with Crippen molar-refractivity contribution in [1.82, 2.24) is 9.21 Å². The molecule has 25 heavy (non-hydrogen) atoms. The highest BCUT2D eigenvalue weighted by Gasteiger charge is 2.27. The summed E-state index contributed by atoms with van der Waals surface area (Å²) in [7, 11) is -3.44. The zero-order valence-corrected chi connectivity index (χ0v) is 16.8. The monoisotopic (exact) mass is 422 g/mol. The average Bonchev–Trinajstić information content (AvgIpc) is 2.84. The second-order valence-electron chi connectivity index (χ2n) is 6.43. The van der Waals surface area contributed by atoms with Crippen molar-refractivity contribution in [3.05, 3.63) is 64.1 Å². The summed E-state index contributed by atoms with van der Waals surface area (Å²) in [6, 6.07) is 15.6. The molecule has 0 unspecified atom stereocenters. The van der Waals surface area contributed by atoms with E-state index in [-0.39, 0.29) is 0 Å². The van der Waals surface area contributed by atoms with Gasteiger partial charge in [-0.15, -0.1) is 0 Å². The molecule has 0 amide bonds. The number of benzene rings is 2. The summed E-state index contributed by atoms with van der Waals surface area (Å²) in [6.45, 7) is 5.55. The Hall–Kier alpha value is -1.21. The number of halogens is 1. The first-order valence-corrected chi connectivity index (χ1v) is 10.7. The molecule has 0 atom stereocenters. The Labute approximate surface area is 158 Å². The van der Waals surface area contributed by atoms with Gasteiger partial charge in [0, 0.05) is 30.7 Å². The van der Waals surface area contributed by atoms with Gasteiger partial charge in [-0.05, 0) is 49.2 Å². The minimum absolute atomic E-state index is 0.379. The van der Waals surface area contributed by atoms with Gasteiger partial charge in [-0.3, -0.25) is 4.90 Å². The van der Waals surface area contributed by atoms with Gasteiger partial charge in [0.15, 0.2) is 0 Å². The Bertz CT molecular complexity index is 825. The van der Waals surface area contributed by atoms with Gasteiger partial charge in [-0.1, -0.05) is 46.3 Å². The smallest absolute Gasteiger partial charge is 0.243 e. The average molecular weight is 423 g/mol. The van der Waals surface area contributed by atoms with Crippen LogP contribution in [0.1, 0.15) is 17.5 Å². The van der Waals surface area contributed by atoms with Gasteiger partial charge in [-0.2, -0.15) is 4.31 Å². The van der Waals surface area contributed by atoms with Crippen LogP contribution in [0.3, 0.4) is 0 Å². The van der Waals surface area contributed by atoms with Crippen LogP contribution in [0.15, 0.2) is 57.9 Å². The van der Waals surface area contributed by atoms with E-state index in [1.54, 1.807) is 16.4 Å². The van der Waals surface area contributed by atoms with Crippen molar-refractivity contribution in [3.8, 4) is 0 Å². The largest absolute Gasteiger partial charge is 0.298 e. The standard InChI is InChI=1S/C19H23BrN2O2S/c1-16-14-18(8-9-19(16)20)25(23,24)22-11-5-10-21(12-13-22)15-17-6-3-2-4-7-17/h2-4,6-9,14H,5,10-13,15H2,1H3. The lowest BCUT2D eigenvalue weighted by Gasteiger charge is -2.22. The van der Waals surface area contributed by atoms with Crippen LogP contribution in [0, 0.1) is 6.92 Å². The number of hydrogen-bond donors (Lipinski definition) is 0. The van der Waals surface area contributed by atoms with Crippen LogP contribution in [0.2, 0.25) is 0 Å². The summed E-state index contributed by atoms with van der Waals surface area (Å²) >= 11 is 3.43. The van der Waals surface area contributed by atoms with E-state index in [9.17, 15) is 8.42 Å². The van der Waals surface area contributed by atoms with Crippen molar-refractivity contribution in [2.45, 2.75) is 24.8 Å². The molecule has 134 valence electrons. The maximum atomic E-state index is 13.0. The van der Waals surface area contributed by atoms with E-state index in [1.807, 2.05) is 31.2 Å². The topological polar surface area (TPSA) is 40.6 Å². The minimum Gasteiger partial charge on any atom is -0.298 e. The Morgan fingerprint density at radius 1 is 1.00 bits per heavy atom. The number of rotatable bonds is 4. The molecule has 3 rings (SSSR count). The van der Waals surface area contributed by atoms with E-state index in [0.717, 1.165) is 36.1 Å². The van der Waals surface area contributed by atoms with E-state index in [0.29, 0.717) is 18.0 Å². The third-order valence-electron chi connectivity index (χ3n) is 4.56. The van der Waals surface area contributed by atoms with Crippen molar-refractivity contribution in [2.24, 2.45) is 0 Å². The molecule has 0 saturated carbocycles. The van der Waals surface area contributed by atoms with E-state index in [4.69, 9.17) is 0 Å². The van der Waals surface area contributed by atoms with E-state index in [1.165, 1.54) is 5.56 Å². The molecule has 0 aromatic heterocycles. The lowest BCUT2D eigenvalue weighted by atomic mass is 10.2. The van der Waals surface area contributed by atoms with Crippen molar-refractivity contribution in [1.29, 1.82) is 0 Å². The quantitative estimate of drug-likeness (QED) is 0.754. The zero-order valence-electron chi connectivity index (χ0n) is 14.4. The third-order valence-corrected chi connectivity index (χ3v) is 7.35. The molecule has 1 aliphatic rings. The molecule has 0 aliphatic carbocycles. The summed E-state index contributed by atoms with van der Waals surface area (Å²) in [6.07, 6.45) is 0.849. The van der Waals surface area contributed by atoms with Crippen molar-refractivity contribution < 1.29 is 8.42 Å². The second kappa shape index (κ2) is 7.99. The maximum absolute atomic E-state index is 13.0. The SMILES string of the molecule is Cc1cc(S(=O)(=O)N2CCCN(Cc3ccccc3)CC2)ccc1Br. The van der Waals surface area contributed by atoms with Crippen molar-refractivity contribution in [2.75, 3.05) is 26.2 Å². The zero-order chi connectivity index (χ0) is 17.9. The molecule has 0 radical (unpaired) electrons. The van der Waals surface area contributed by atoms with Crippen LogP contribution in [0.5, 0.6) is 0 Å². The molecule has 0 N–H and O–H groups in total. The Morgan fingerprint density at radius 3 is 2.48 bits per heavy atom. The number of hydrogen-bond acceptors (Lipinski definition) is 3. The summed E-state index contributed by atoms with van der Waals surface area (Å²) < 4.78 is 28.5. The van der Waals surface area contributed by atoms with Crippen molar-refractivity contribution >= 4 is 26.0 Å². The van der Waals surface area contributed by atoms with Gasteiger partial charge in [0.05, 0.1) is 4.90 Å². The number of aryl methyl sites for hydroxylation is 1. The van der Waals surface area contributed by atoms with E-state index >= 15 is 0 Å². The predicted molar refractivity (Wildman–Crippen MR) is 104 cm³/mol. The maximum Gasteiger partial charge on any atom is 0.243 e. The van der Waals surface area contributed by atoms with Gasteiger partial charge in [0.2, 0.25) is 10.0 Å². The molecule has 1 fully saturated rings. The number of nitrogens with zero attached hydrogens (tertiary/aromatic N) is 2. The van der Waals surface area contributed by atoms with Gasteiger partial charge < -0.3 is 0 Å². The molecule has 2 aromatic rings. The number of sulfonamides is 1. The lowest BCUT2D eigenvalue weighted by Crippen LogP contribution is -2.35. The fourth-order valence-corrected chi connectivity index (χ4v) is 4.92. The normalized spacial score (nSPS) is 17.4. The highest BCUT2D eigenvalue weighted by Crippen LogP contribution is 2.23. The summed E-state index contributed by atoms with van der Waals surface area (Å²) in [5, 5.41) is 0. The first-order valence-electron chi connectivity index (χ1n) is 8.49. The Balaban J connectivity index is 1.70. The van der Waals surface area contributed by atoms with Gasteiger partial charge in [-0.25, -0.2) is 8.42 Å². The van der Waals surface area contributed by atoms with Gasteiger partial charge >= 0.3 is 0 Å². The van der Waals surface area contributed by atoms with Crippen LogP contribution in [0.25, 0.3) is 0 Å². The first-order chi connectivity index (χ1) is 12.0. The third kappa shape index (κ3) is 4.50. The first kappa shape index (κ1) is 18.6. The molecule has 0 spiro atoms. The molecule has 1 aliphatic heterocycles. The molecular formula is C19H23BrN2O2S. The predicted octanol–water partition coefficient (Wildman–Crippen LogP) is 3.65. The highest BCUT2D eigenvalue weighted by atomic mass is 79.9. The summed E-state index contributed by atoms with van der Waals surface area (Å²) in [4.78, 5) is 2.71. The second-order valence-corrected chi connectivity index (χ2v) is 9.22. The molecule has 1 saturated heterocycles. The molecule has 4 nitrogen and oxygen atoms in total. The minimum atomic E-state index is -3.44. The van der Waals surface area contributed by atoms with Gasteiger partial charge in [0.25, 0.3) is 0 Å². The van der Waals surface area contributed by atoms with Crippen LogP contribution in [-0.4, -0.2) is 43.8 Å². The lowest BCUT2D eigenvalue weighted by molar-refractivity contribution is 0.278. The molecule has 0 bridgehead atoms. The van der Waals surface area contributed by atoms with Crippen LogP contribution < -0.4 is 0 Å². The van der Waals surface area contributed by atoms with Crippen LogP contribution >= 0.6 is 15.9 Å². The van der Waals surface area contributed by atoms with Crippen LogP contribution in [0.4, 0.5) is 0 Å². The molecule has 1 heterocycles. The Morgan fingerprint density at radius 2 is 1.76 bits per heavy atom. The molecule has 6 heteroatoms. The Kier molecular flexibility index (Phi) is 5.94. The molecular weight excluding hydrogens is 400 g/mol. The molecule has 2 aromatic carbocycles. The highest BCUT2D eigenvalue weighted by molar-refractivity contribution is 9.10. The van der Waals surface area contributed by atoms with Gasteiger partial charge in [0.1, 0.15) is 0 Å². The fourth-order valence-electron chi connectivity index (χ4n) is 3.11. The fraction of sp³-hybridized carbons (Fsp3) is 0.368. The van der Waals surface area contributed by atoms with E-state index in [2.05, 4.69) is 33.0 Å². The summed E-state index contributed by atoms with van der Waals surface area (Å²) in [5.41, 5.74) is 2.20. The van der Waals surface area contributed by atoms with Crippen molar-refractivity contribution in [3.63, 3.8) is 0 Å².